The van der Waals surface area contributed by atoms with Crippen LogP contribution in [0.1, 0.15) is 90.9 Å². The third kappa shape index (κ3) is 11.0. The number of ether oxygens (including phenoxy) is 2. The van der Waals surface area contributed by atoms with E-state index in [0.29, 0.717) is 30.0 Å². The SMILES string of the molecule is CC1CC/C(=N\OC(=O)C(C)Oc2ccc(Cl)cc2)CCCCCCCCCCC(=O)O1. The topological polar surface area (TPSA) is 74.2 Å². The molecule has 2 atom stereocenters. The molecule has 1 aliphatic rings. The summed E-state index contributed by atoms with van der Waals surface area (Å²) in [7, 11) is 0. The number of halogens is 1. The number of oxime groups is 1. The molecule has 0 radical (unpaired) electrons. The van der Waals surface area contributed by atoms with Gasteiger partial charge in [-0.3, -0.25) is 4.79 Å². The van der Waals surface area contributed by atoms with E-state index in [1.54, 1.807) is 31.2 Å². The predicted octanol–water partition coefficient (Wildman–Crippen LogP) is 6.63. The summed E-state index contributed by atoms with van der Waals surface area (Å²) in [6.07, 6.45) is 10.4. The Morgan fingerprint density at radius 1 is 1.00 bits per heavy atom. The number of carbonyl (C=O) groups excluding carboxylic acids is 2. The summed E-state index contributed by atoms with van der Waals surface area (Å²) in [5.74, 6) is -0.159. The van der Waals surface area contributed by atoms with Crippen molar-refractivity contribution < 1.29 is 23.9 Å². The molecule has 0 N–H and O–H groups in total. The van der Waals surface area contributed by atoms with Crippen molar-refractivity contribution >= 4 is 29.3 Å². The first-order valence-corrected chi connectivity index (χ1v) is 12.2. The van der Waals surface area contributed by atoms with Crippen LogP contribution in [-0.2, 0) is 19.2 Å². The molecule has 0 amide bonds. The van der Waals surface area contributed by atoms with Crippen molar-refractivity contribution in [1.29, 1.82) is 0 Å². The lowest BCUT2D eigenvalue weighted by Gasteiger charge is -2.15. The summed E-state index contributed by atoms with van der Waals surface area (Å²) in [6, 6.07) is 6.79. The van der Waals surface area contributed by atoms with E-state index in [4.69, 9.17) is 25.9 Å². The Hall–Kier alpha value is -2.08. The number of cyclic esters (lactones) is 1. The number of esters is 1. The van der Waals surface area contributed by atoms with Crippen LogP contribution in [0.25, 0.3) is 0 Å². The van der Waals surface area contributed by atoms with Crippen molar-refractivity contribution in [3.05, 3.63) is 29.3 Å². The maximum atomic E-state index is 12.3. The van der Waals surface area contributed by atoms with Crippen molar-refractivity contribution in [2.75, 3.05) is 0 Å². The van der Waals surface area contributed by atoms with Crippen molar-refractivity contribution in [3.63, 3.8) is 0 Å². The normalized spacial score (nSPS) is 22.0. The van der Waals surface area contributed by atoms with E-state index in [9.17, 15) is 9.59 Å². The summed E-state index contributed by atoms with van der Waals surface area (Å²) in [4.78, 5) is 29.5. The number of nitrogens with zero attached hydrogens (tertiary/aromatic N) is 1. The number of hydrogen-bond acceptors (Lipinski definition) is 6. The third-order valence-electron chi connectivity index (χ3n) is 5.49. The molecule has 0 bridgehead atoms. The number of rotatable bonds is 4. The fourth-order valence-corrected chi connectivity index (χ4v) is 3.66. The van der Waals surface area contributed by atoms with Crippen molar-refractivity contribution in [1.82, 2.24) is 0 Å². The van der Waals surface area contributed by atoms with Crippen molar-refractivity contribution in [2.24, 2.45) is 5.16 Å². The molecule has 1 aromatic carbocycles. The Bertz CT molecular complexity index is 734. The van der Waals surface area contributed by atoms with E-state index < -0.39 is 12.1 Å². The lowest BCUT2D eigenvalue weighted by Crippen LogP contribution is -2.25. The quantitative estimate of drug-likeness (QED) is 0.283. The van der Waals surface area contributed by atoms with Gasteiger partial charge < -0.3 is 14.3 Å². The summed E-state index contributed by atoms with van der Waals surface area (Å²) < 4.78 is 11.1. The second-order valence-electron chi connectivity index (χ2n) is 8.45. The van der Waals surface area contributed by atoms with E-state index in [1.165, 1.54) is 25.7 Å². The molecular formula is C25H36ClNO5. The minimum atomic E-state index is -0.799. The molecule has 7 heteroatoms. The highest BCUT2D eigenvalue weighted by atomic mass is 35.5. The van der Waals surface area contributed by atoms with Gasteiger partial charge in [-0.2, -0.15) is 0 Å². The first-order valence-electron chi connectivity index (χ1n) is 11.8. The Morgan fingerprint density at radius 3 is 2.25 bits per heavy atom. The highest BCUT2D eigenvalue weighted by Crippen LogP contribution is 2.18. The molecule has 32 heavy (non-hydrogen) atoms. The minimum Gasteiger partial charge on any atom is -0.479 e. The average molecular weight is 466 g/mol. The van der Waals surface area contributed by atoms with Gasteiger partial charge in [0.1, 0.15) is 5.75 Å². The van der Waals surface area contributed by atoms with Gasteiger partial charge in [-0.25, -0.2) is 4.79 Å². The molecular weight excluding hydrogens is 430 g/mol. The van der Waals surface area contributed by atoms with Crippen LogP contribution >= 0.6 is 11.6 Å². The molecule has 6 nitrogen and oxygen atoms in total. The smallest absolute Gasteiger partial charge is 0.374 e. The van der Waals surface area contributed by atoms with E-state index in [1.807, 2.05) is 6.92 Å². The van der Waals surface area contributed by atoms with Crippen LogP contribution in [0.2, 0.25) is 5.02 Å². The molecule has 1 saturated heterocycles. The van der Waals surface area contributed by atoms with Gasteiger partial charge in [0.2, 0.25) is 0 Å². The van der Waals surface area contributed by atoms with Gasteiger partial charge in [-0.15, -0.1) is 0 Å². The van der Waals surface area contributed by atoms with Gasteiger partial charge in [0.05, 0.1) is 11.8 Å². The van der Waals surface area contributed by atoms with Crippen LogP contribution in [0.15, 0.2) is 29.4 Å². The maximum absolute atomic E-state index is 12.3. The second kappa shape index (κ2) is 14.9. The molecule has 1 aromatic rings. The average Bonchev–Trinajstić information content (AvgIpc) is 2.76. The Labute approximate surface area is 196 Å². The van der Waals surface area contributed by atoms with Gasteiger partial charge in [0, 0.05) is 11.4 Å². The van der Waals surface area contributed by atoms with Crippen LogP contribution in [0.3, 0.4) is 0 Å². The zero-order valence-corrected chi connectivity index (χ0v) is 20.1. The maximum Gasteiger partial charge on any atom is 0.374 e. The molecule has 0 aliphatic carbocycles. The molecule has 1 fully saturated rings. The van der Waals surface area contributed by atoms with Crippen LogP contribution in [0, 0.1) is 0 Å². The van der Waals surface area contributed by atoms with Crippen LogP contribution in [0.5, 0.6) is 5.75 Å². The molecule has 2 rings (SSSR count). The third-order valence-corrected chi connectivity index (χ3v) is 5.74. The van der Waals surface area contributed by atoms with E-state index in [-0.39, 0.29) is 12.1 Å². The molecule has 0 spiro atoms. The largest absolute Gasteiger partial charge is 0.479 e. The fraction of sp³-hybridized carbons (Fsp3) is 0.640. The van der Waals surface area contributed by atoms with Gasteiger partial charge >= 0.3 is 11.9 Å². The van der Waals surface area contributed by atoms with Crippen LogP contribution in [-0.4, -0.2) is 29.9 Å². The van der Waals surface area contributed by atoms with Crippen LogP contribution < -0.4 is 4.74 Å². The lowest BCUT2D eigenvalue weighted by atomic mass is 10.0. The number of carbonyl (C=O) groups is 2. The predicted molar refractivity (Wildman–Crippen MR) is 126 cm³/mol. The molecule has 2 unspecified atom stereocenters. The lowest BCUT2D eigenvalue weighted by molar-refractivity contribution is -0.151. The minimum absolute atomic E-state index is 0.136. The van der Waals surface area contributed by atoms with E-state index in [2.05, 4.69) is 5.16 Å². The zero-order valence-electron chi connectivity index (χ0n) is 19.3. The summed E-state index contributed by atoms with van der Waals surface area (Å²) in [6.45, 7) is 3.52. The molecule has 178 valence electrons. The highest BCUT2D eigenvalue weighted by molar-refractivity contribution is 6.30. The summed E-state index contributed by atoms with van der Waals surface area (Å²) in [5.41, 5.74) is 0.812. The van der Waals surface area contributed by atoms with E-state index in [0.717, 1.165) is 37.8 Å². The molecule has 0 saturated carbocycles. The monoisotopic (exact) mass is 465 g/mol. The standard InChI is InChI=1S/C25H36ClNO5/c1-19-13-16-22(11-9-7-5-3-4-6-8-10-12-24(28)30-19)27-32-25(29)20(2)31-23-17-14-21(26)15-18-23/h14-15,17-20H,3-13,16H2,1-2H3/b27-22-. The second-order valence-corrected chi connectivity index (χ2v) is 8.89. The molecule has 0 aromatic heterocycles. The first kappa shape index (κ1) is 26.2. The van der Waals surface area contributed by atoms with Gasteiger partial charge in [0.15, 0.2) is 6.10 Å². The zero-order chi connectivity index (χ0) is 23.2. The molecule has 1 aliphatic heterocycles. The van der Waals surface area contributed by atoms with Gasteiger partial charge in [0.25, 0.3) is 0 Å². The van der Waals surface area contributed by atoms with Gasteiger partial charge in [-0.05, 0) is 70.2 Å². The number of hydrogen-bond donors (Lipinski definition) is 0. The van der Waals surface area contributed by atoms with Crippen molar-refractivity contribution in [3.8, 4) is 5.75 Å². The van der Waals surface area contributed by atoms with Crippen molar-refractivity contribution in [2.45, 2.75) is 103 Å². The van der Waals surface area contributed by atoms with Crippen LogP contribution in [0.4, 0.5) is 0 Å². The summed E-state index contributed by atoms with van der Waals surface area (Å²) >= 11 is 5.87. The Morgan fingerprint density at radius 2 is 1.59 bits per heavy atom. The van der Waals surface area contributed by atoms with Gasteiger partial charge in [-0.1, -0.05) is 55.3 Å². The Balaban J connectivity index is 1.90. The molecule has 1 heterocycles. The Kier molecular flexibility index (Phi) is 12.2. The number of benzene rings is 1. The fourth-order valence-electron chi connectivity index (χ4n) is 3.54. The first-order chi connectivity index (χ1) is 15.4. The van der Waals surface area contributed by atoms with E-state index >= 15 is 0 Å². The summed E-state index contributed by atoms with van der Waals surface area (Å²) in [5, 5.41) is 4.74. The highest BCUT2D eigenvalue weighted by Gasteiger charge is 2.18.